The van der Waals surface area contributed by atoms with Crippen molar-refractivity contribution in [3.05, 3.63) is 35.4 Å². The Bertz CT molecular complexity index is 398. The third kappa shape index (κ3) is 2.08. The fraction of sp³-hybridized carbons (Fsp3) is 0.625. The molecule has 2 fully saturated rings. The van der Waals surface area contributed by atoms with Crippen molar-refractivity contribution in [1.29, 1.82) is 0 Å². The van der Waals surface area contributed by atoms with Gasteiger partial charge in [0.05, 0.1) is 12.2 Å². The lowest BCUT2D eigenvalue weighted by Gasteiger charge is -2.31. The molecule has 0 bridgehead atoms. The van der Waals surface area contributed by atoms with E-state index in [1.54, 1.807) is 0 Å². The zero-order valence-corrected chi connectivity index (χ0v) is 11.1. The van der Waals surface area contributed by atoms with Crippen LogP contribution >= 0.6 is 0 Å². The molecule has 1 aliphatic heterocycles. The molecule has 0 spiro atoms. The molecule has 2 atom stereocenters. The first-order chi connectivity index (χ1) is 8.68. The molecule has 2 heteroatoms. The molecule has 1 aromatic rings. The van der Waals surface area contributed by atoms with Gasteiger partial charge in [-0.2, -0.15) is 0 Å². The number of benzene rings is 1. The molecule has 2 aliphatic rings. The number of hydrogen-bond donors (Lipinski definition) is 1. The molecular formula is C16H22O2. The van der Waals surface area contributed by atoms with Crippen molar-refractivity contribution in [2.45, 2.75) is 44.1 Å². The maximum Gasteiger partial charge on any atom is 0.0919 e. The number of rotatable bonds is 3. The monoisotopic (exact) mass is 246 g/mol. The molecule has 0 amide bonds. The van der Waals surface area contributed by atoms with E-state index in [-0.39, 0.29) is 5.92 Å². The molecule has 1 aliphatic carbocycles. The van der Waals surface area contributed by atoms with E-state index in [1.807, 2.05) is 6.92 Å². The molecule has 1 N–H and O–H groups in total. The van der Waals surface area contributed by atoms with Crippen LogP contribution in [-0.2, 0) is 10.3 Å². The van der Waals surface area contributed by atoms with E-state index in [0.717, 1.165) is 24.5 Å². The molecule has 1 saturated heterocycles. The summed E-state index contributed by atoms with van der Waals surface area (Å²) in [6.07, 6.45) is 4.97. The van der Waals surface area contributed by atoms with Crippen LogP contribution in [0.5, 0.6) is 0 Å². The smallest absolute Gasteiger partial charge is 0.0919 e. The van der Waals surface area contributed by atoms with Gasteiger partial charge in [-0.25, -0.2) is 0 Å². The normalized spacial score (nSPS) is 27.8. The van der Waals surface area contributed by atoms with Gasteiger partial charge in [0.1, 0.15) is 0 Å². The van der Waals surface area contributed by atoms with Gasteiger partial charge in [-0.15, -0.1) is 0 Å². The third-order valence-corrected chi connectivity index (χ3v) is 4.80. The van der Waals surface area contributed by atoms with Crippen LogP contribution in [0.3, 0.4) is 0 Å². The second-order valence-corrected chi connectivity index (χ2v) is 5.96. The number of hydrogen-bond acceptors (Lipinski definition) is 2. The van der Waals surface area contributed by atoms with Gasteiger partial charge in [-0.1, -0.05) is 30.7 Å². The summed E-state index contributed by atoms with van der Waals surface area (Å²) in [7, 11) is 0. The summed E-state index contributed by atoms with van der Waals surface area (Å²) >= 11 is 0. The molecule has 1 saturated carbocycles. The SMILES string of the molecule is CC(O)(c1ccc(C2CCC2)cc1)C1CCOC1. The highest BCUT2D eigenvalue weighted by Gasteiger charge is 2.36. The molecule has 0 aromatic heterocycles. The summed E-state index contributed by atoms with van der Waals surface area (Å²) < 4.78 is 5.39. The summed E-state index contributed by atoms with van der Waals surface area (Å²) in [5.74, 6) is 0.992. The molecule has 98 valence electrons. The Labute approximate surface area is 109 Å². The third-order valence-electron chi connectivity index (χ3n) is 4.80. The van der Waals surface area contributed by atoms with Crippen LogP contribution in [0.15, 0.2) is 24.3 Å². The van der Waals surface area contributed by atoms with E-state index < -0.39 is 5.60 Å². The molecule has 1 aromatic carbocycles. The Balaban J connectivity index is 1.78. The fourth-order valence-electron chi connectivity index (χ4n) is 3.05. The molecular weight excluding hydrogens is 224 g/mol. The van der Waals surface area contributed by atoms with Gasteiger partial charge in [0.2, 0.25) is 0 Å². The highest BCUT2D eigenvalue weighted by molar-refractivity contribution is 5.30. The van der Waals surface area contributed by atoms with Crippen molar-refractivity contribution in [3.8, 4) is 0 Å². The Morgan fingerprint density at radius 1 is 1.17 bits per heavy atom. The lowest BCUT2D eigenvalue weighted by atomic mass is 9.78. The zero-order valence-electron chi connectivity index (χ0n) is 11.1. The first kappa shape index (κ1) is 12.2. The summed E-state index contributed by atoms with van der Waals surface area (Å²) in [6, 6.07) is 8.60. The van der Waals surface area contributed by atoms with Crippen LogP contribution in [0.2, 0.25) is 0 Å². The number of ether oxygens (including phenoxy) is 1. The molecule has 0 radical (unpaired) electrons. The van der Waals surface area contributed by atoms with Crippen LogP contribution in [0.1, 0.15) is 49.7 Å². The van der Waals surface area contributed by atoms with Gasteiger partial charge in [0, 0.05) is 12.5 Å². The minimum Gasteiger partial charge on any atom is -0.385 e. The second kappa shape index (κ2) is 4.67. The molecule has 18 heavy (non-hydrogen) atoms. The largest absolute Gasteiger partial charge is 0.385 e. The van der Waals surface area contributed by atoms with Crippen LogP contribution in [0.4, 0.5) is 0 Å². The van der Waals surface area contributed by atoms with Gasteiger partial charge in [-0.3, -0.25) is 0 Å². The quantitative estimate of drug-likeness (QED) is 0.887. The van der Waals surface area contributed by atoms with Crippen molar-refractivity contribution in [1.82, 2.24) is 0 Å². The van der Waals surface area contributed by atoms with Crippen LogP contribution in [0.25, 0.3) is 0 Å². The van der Waals surface area contributed by atoms with Crippen LogP contribution in [-0.4, -0.2) is 18.3 Å². The van der Waals surface area contributed by atoms with Crippen molar-refractivity contribution in [2.24, 2.45) is 5.92 Å². The minimum absolute atomic E-state index is 0.229. The molecule has 2 unspecified atom stereocenters. The predicted molar refractivity (Wildman–Crippen MR) is 71.5 cm³/mol. The standard InChI is InChI=1S/C16H22O2/c1-16(17,15-9-10-18-11-15)14-7-5-13(6-8-14)12-3-2-4-12/h5-8,12,15,17H,2-4,9-11H2,1H3. The maximum atomic E-state index is 10.7. The van der Waals surface area contributed by atoms with Crippen molar-refractivity contribution < 1.29 is 9.84 Å². The Kier molecular flexibility index (Phi) is 3.16. The second-order valence-electron chi connectivity index (χ2n) is 5.96. The summed E-state index contributed by atoms with van der Waals surface area (Å²) in [5.41, 5.74) is 1.71. The fourth-order valence-corrected chi connectivity index (χ4v) is 3.05. The van der Waals surface area contributed by atoms with Gasteiger partial charge in [0.15, 0.2) is 0 Å². The molecule has 3 rings (SSSR count). The highest BCUT2D eigenvalue weighted by atomic mass is 16.5. The van der Waals surface area contributed by atoms with E-state index in [9.17, 15) is 5.11 Å². The van der Waals surface area contributed by atoms with E-state index in [1.165, 1.54) is 24.8 Å². The molecule has 2 nitrogen and oxygen atoms in total. The average molecular weight is 246 g/mol. The first-order valence-electron chi connectivity index (χ1n) is 7.08. The lowest BCUT2D eigenvalue weighted by molar-refractivity contribution is -0.00973. The summed E-state index contributed by atoms with van der Waals surface area (Å²) in [4.78, 5) is 0. The van der Waals surface area contributed by atoms with E-state index >= 15 is 0 Å². The average Bonchev–Trinajstić information content (AvgIpc) is 2.81. The van der Waals surface area contributed by atoms with E-state index in [4.69, 9.17) is 4.74 Å². The first-order valence-corrected chi connectivity index (χ1v) is 7.08. The Morgan fingerprint density at radius 3 is 2.39 bits per heavy atom. The summed E-state index contributed by atoms with van der Waals surface area (Å²) in [5, 5.41) is 10.7. The zero-order chi connectivity index (χ0) is 12.6. The Morgan fingerprint density at radius 2 is 1.89 bits per heavy atom. The lowest BCUT2D eigenvalue weighted by Crippen LogP contribution is -2.32. The van der Waals surface area contributed by atoms with Gasteiger partial charge in [0.25, 0.3) is 0 Å². The van der Waals surface area contributed by atoms with Gasteiger partial charge < -0.3 is 9.84 Å². The van der Waals surface area contributed by atoms with Gasteiger partial charge in [-0.05, 0) is 43.2 Å². The maximum absolute atomic E-state index is 10.7. The summed E-state index contributed by atoms with van der Waals surface area (Å²) in [6.45, 7) is 3.38. The van der Waals surface area contributed by atoms with Crippen molar-refractivity contribution in [2.75, 3.05) is 13.2 Å². The van der Waals surface area contributed by atoms with Crippen molar-refractivity contribution in [3.63, 3.8) is 0 Å². The van der Waals surface area contributed by atoms with Crippen LogP contribution < -0.4 is 0 Å². The van der Waals surface area contributed by atoms with Crippen molar-refractivity contribution >= 4 is 0 Å². The minimum atomic E-state index is -0.755. The van der Waals surface area contributed by atoms with E-state index in [0.29, 0.717) is 6.61 Å². The Hall–Kier alpha value is -0.860. The van der Waals surface area contributed by atoms with Crippen LogP contribution in [0, 0.1) is 5.92 Å². The molecule has 1 heterocycles. The topological polar surface area (TPSA) is 29.5 Å². The van der Waals surface area contributed by atoms with Gasteiger partial charge >= 0.3 is 0 Å². The highest BCUT2D eigenvalue weighted by Crippen LogP contribution is 2.38. The number of aliphatic hydroxyl groups is 1. The van der Waals surface area contributed by atoms with E-state index in [2.05, 4.69) is 24.3 Å². The predicted octanol–water partition coefficient (Wildman–Crippen LogP) is 3.20.